The van der Waals surface area contributed by atoms with Crippen LogP contribution in [-0.4, -0.2) is 56.9 Å². The van der Waals surface area contributed by atoms with Crippen molar-refractivity contribution in [1.82, 2.24) is 25.2 Å². The second-order valence-electron chi connectivity index (χ2n) is 9.96. The van der Waals surface area contributed by atoms with Crippen LogP contribution < -0.4 is 10.1 Å². The van der Waals surface area contributed by atoms with Gasteiger partial charge >= 0.3 is 6.18 Å². The average molecular weight is 516 g/mol. The standard InChI is InChI=1S/C26H28F3N5O3/c1-13-8-18(10-34(13)15(3)35)33-25(36)21-14(2)32-24-22(30-12-31-23(21)24)19-9-17(26(27,28)29)6-7-20(19)37-11-16-4-5-16/h6-7,9,12-13,16,18,32H,4-5,8,10-11H2,1-3H3,(H,33,36)/t13-,18+/m0/s1. The van der Waals surface area contributed by atoms with Crippen LogP contribution in [0.25, 0.3) is 22.3 Å². The minimum atomic E-state index is -4.54. The van der Waals surface area contributed by atoms with Crippen molar-refractivity contribution < 1.29 is 27.5 Å². The molecular weight excluding hydrogens is 487 g/mol. The molecule has 0 unspecified atom stereocenters. The van der Waals surface area contributed by atoms with E-state index in [1.54, 1.807) is 11.8 Å². The van der Waals surface area contributed by atoms with Gasteiger partial charge in [0.15, 0.2) is 0 Å². The number of hydrogen-bond acceptors (Lipinski definition) is 5. The van der Waals surface area contributed by atoms with Crippen LogP contribution in [0.3, 0.4) is 0 Å². The first-order valence-electron chi connectivity index (χ1n) is 12.3. The van der Waals surface area contributed by atoms with Crippen LogP contribution in [0.15, 0.2) is 24.5 Å². The summed E-state index contributed by atoms with van der Waals surface area (Å²) in [5.41, 5.74) is 1.04. The monoisotopic (exact) mass is 515 g/mol. The number of alkyl halides is 3. The van der Waals surface area contributed by atoms with E-state index >= 15 is 0 Å². The number of halogens is 3. The smallest absolute Gasteiger partial charge is 0.416 e. The number of H-pyrrole nitrogens is 1. The topological polar surface area (TPSA) is 100 Å². The molecule has 1 saturated heterocycles. The molecule has 3 heterocycles. The van der Waals surface area contributed by atoms with Crippen molar-refractivity contribution in [1.29, 1.82) is 0 Å². The number of benzene rings is 1. The van der Waals surface area contributed by atoms with Crippen molar-refractivity contribution in [2.24, 2.45) is 5.92 Å². The van der Waals surface area contributed by atoms with E-state index in [0.29, 0.717) is 53.5 Å². The number of fused-ring (bicyclic) bond motifs is 1. The van der Waals surface area contributed by atoms with Gasteiger partial charge in [-0.25, -0.2) is 9.97 Å². The van der Waals surface area contributed by atoms with Crippen LogP contribution in [-0.2, 0) is 11.0 Å². The maximum Gasteiger partial charge on any atom is 0.416 e. The Kier molecular flexibility index (Phi) is 6.33. The molecular formula is C26H28F3N5O3. The van der Waals surface area contributed by atoms with Crippen molar-refractivity contribution in [3.05, 3.63) is 41.3 Å². The van der Waals surface area contributed by atoms with Gasteiger partial charge in [0.25, 0.3) is 5.91 Å². The molecule has 2 aliphatic rings. The Morgan fingerprint density at radius 1 is 1.24 bits per heavy atom. The summed E-state index contributed by atoms with van der Waals surface area (Å²) in [4.78, 5) is 38.5. The zero-order valence-corrected chi connectivity index (χ0v) is 20.8. The molecule has 2 amide bonds. The first-order chi connectivity index (χ1) is 17.5. The highest BCUT2D eigenvalue weighted by Gasteiger charge is 2.34. The van der Waals surface area contributed by atoms with E-state index in [0.717, 1.165) is 25.0 Å². The Morgan fingerprint density at radius 2 is 2.00 bits per heavy atom. The molecule has 1 aliphatic heterocycles. The number of hydrogen-bond donors (Lipinski definition) is 2. The predicted molar refractivity (Wildman–Crippen MR) is 130 cm³/mol. The number of ether oxygens (including phenoxy) is 1. The number of likely N-dealkylation sites (tertiary alicyclic amines) is 1. The van der Waals surface area contributed by atoms with Gasteiger partial charge in [0, 0.05) is 36.8 Å². The first-order valence-corrected chi connectivity index (χ1v) is 12.3. The predicted octanol–water partition coefficient (Wildman–Crippen LogP) is 4.48. The van der Waals surface area contributed by atoms with Gasteiger partial charge in [-0.05, 0) is 57.2 Å². The van der Waals surface area contributed by atoms with Crippen LogP contribution >= 0.6 is 0 Å². The van der Waals surface area contributed by atoms with Gasteiger partial charge in [-0.1, -0.05) is 0 Å². The van der Waals surface area contributed by atoms with Crippen molar-refractivity contribution in [3.63, 3.8) is 0 Å². The van der Waals surface area contributed by atoms with E-state index < -0.39 is 11.7 Å². The second kappa shape index (κ2) is 9.35. The van der Waals surface area contributed by atoms with Gasteiger partial charge < -0.3 is 19.9 Å². The van der Waals surface area contributed by atoms with Gasteiger partial charge in [0.05, 0.1) is 23.3 Å². The van der Waals surface area contributed by atoms with Gasteiger partial charge in [0.2, 0.25) is 5.91 Å². The van der Waals surface area contributed by atoms with Crippen LogP contribution in [0.1, 0.15) is 54.7 Å². The lowest BCUT2D eigenvalue weighted by molar-refractivity contribution is -0.137. The van der Waals surface area contributed by atoms with E-state index in [-0.39, 0.29) is 35.2 Å². The number of aryl methyl sites for hydroxylation is 1. The lowest BCUT2D eigenvalue weighted by Gasteiger charge is -2.18. The molecule has 11 heteroatoms. The summed E-state index contributed by atoms with van der Waals surface area (Å²) in [7, 11) is 0. The highest BCUT2D eigenvalue weighted by Crippen LogP contribution is 2.40. The largest absolute Gasteiger partial charge is 0.493 e. The van der Waals surface area contributed by atoms with Gasteiger partial charge in [-0.3, -0.25) is 9.59 Å². The third kappa shape index (κ3) is 4.99. The molecule has 0 radical (unpaired) electrons. The average Bonchev–Trinajstić information content (AvgIpc) is 3.49. The highest BCUT2D eigenvalue weighted by molar-refractivity contribution is 6.09. The minimum Gasteiger partial charge on any atom is -0.493 e. The fraction of sp³-hybridized carbons (Fsp3) is 0.462. The number of carbonyl (C=O) groups is 2. The first kappa shape index (κ1) is 25.0. The summed E-state index contributed by atoms with van der Waals surface area (Å²) in [5, 5.41) is 2.98. The molecule has 2 aromatic heterocycles. The third-order valence-electron chi connectivity index (χ3n) is 7.05. The maximum absolute atomic E-state index is 13.6. The van der Waals surface area contributed by atoms with Crippen LogP contribution in [0.5, 0.6) is 5.75 Å². The molecule has 1 aliphatic carbocycles. The summed E-state index contributed by atoms with van der Waals surface area (Å²) >= 11 is 0. The molecule has 37 heavy (non-hydrogen) atoms. The van der Waals surface area contributed by atoms with E-state index in [1.165, 1.54) is 19.3 Å². The Bertz CT molecular complexity index is 1370. The van der Waals surface area contributed by atoms with Gasteiger partial charge in [0.1, 0.15) is 23.3 Å². The molecule has 5 rings (SSSR count). The van der Waals surface area contributed by atoms with Crippen molar-refractivity contribution >= 4 is 22.8 Å². The van der Waals surface area contributed by atoms with E-state index in [9.17, 15) is 22.8 Å². The molecule has 0 spiro atoms. The zero-order chi connectivity index (χ0) is 26.5. The van der Waals surface area contributed by atoms with Crippen molar-refractivity contribution in [3.8, 4) is 17.0 Å². The Balaban J connectivity index is 1.51. The fourth-order valence-electron chi connectivity index (χ4n) is 4.94. The van der Waals surface area contributed by atoms with E-state index in [4.69, 9.17) is 4.74 Å². The number of aromatic nitrogens is 3. The third-order valence-corrected chi connectivity index (χ3v) is 7.05. The summed E-state index contributed by atoms with van der Waals surface area (Å²) in [6.45, 7) is 5.97. The van der Waals surface area contributed by atoms with Gasteiger partial charge in [-0.15, -0.1) is 0 Å². The quantitative estimate of drug-likeness (QED) is 0.504. The lowest BCUT2D eigenvalue weighted by atomic mass is 10.0. The SMILES string of the molecule is CC(=O)N1C[C@H](NC(=O)c2c(C)[nH]c3c(-c4cc(C(F)(F)F)ccc4OCC4CC4)ncnc23)C[C@@H]1C. The Hall–Kier alpha value is -3.63. The number of nitrogens with one attached hydrogen (secondary N) is 2. The van der Waals surface area contributed by atoms with Crippen LogP contribution in [0.4, 0.5) is 13.2 Å². The van der Waals surface area contributed by atoms with Crippen LogP contribution in [0, 0.1) is 12.8 Å². The zero-order valence-electron chi connectivity index (χ0n) is 20.8. The molecule has 2 atom stereocenters. The molecule has 1 aromatic carbocycles. The molecule has 2 N–H and O–H groups in total. The highest BCUT2D eigenvalue weighted by atomic mass is 19.4. The summed E-state index contributed by atoms with van der Waals surface area (Å²) < 4.78 is 46.6. The molecule has 196 valence electrons. The van der Waals surface area contributed by atoms with E-state index in [1.807, 2.05) is 6.92 Å². The minimum absolute atomic E-state index is 0.00997. The number of amides is 2. The Morgan fingerprint density at radius 3 is 2.65 bits per heavy atom. The molecule has 0 bridgehead atoms. The second-order valence-corrected chi connectivity index (χ2v) is 9.96. The molecule has 2 fully saturated rings. The molecule has 1 saturated carbocycles. The fourth-order valence-corrected chi connectivity index (χ4v) is 4.94. The van der Waals surface area contributed by atoms with Crippen molar-refractivity contribution in [2.45, 2.75) is 58.3 Å². The normalized spacial score (nSPS) is 19.9. The van der Waals surface area contributed by atoms with E-state index in [2.05, 4.69) is 20.3 Å². The maximum atomic E-state index is 13.6. The van der Waals surface area contributed by atoms with Crippen LogP contribution in [0.2, 0.25) is 0 Å². The Labute approximate surface area is 211 Å². The lowest BCUT2D eigenvalue weighted by Crippen LogP contribution is -2.38. The number of rotatable bonds is 6. The molecule has 8 nitrogen and oxygen atoms in total. The summed E-state index contributed by atoms with van der Waals surface area (Å²) in [5.74, 6) is 0.277. The number of aromatic amines is 1. The number of carbonyl (C=O) groups excluding carboxylic acids is 2. The summed E-state index contributed by atoms with van der Waals surface area (Å²) in [6, 6.07) is 3.13. The number of nitrogens with zero attached hydrogens (tertiary/aromatic N) is 3. The summed E-state index contributed by atoms with van der Waals surface area (Å²) in [6.07, 6.45) is -0.614. The van der Waals surface area contributed by atoms with Crippen molar-refractivity contribution in [2.75, 3.05) is 13.2 Å². The molecule has 3 aromatic rings. The van der Waals surface area contributed by atoms with Gasteiger partial charge in [-0.2, -0.15) is 13.2 Å².